The van der Waals surface area contributed by atoms with Gasteiger partial charge < -0.3 is 4.57 Å². The second kappa shape index (κ2) is 2.84. The van der Waals surface area contributed by atoms with E-state index in [2.05, 4.69) is 25.3 Å². The molecule has 1 heterocycles. The van der Waals surface area contributed by atoms with Crippen molar-refractivity contribution < 1.29 is 4.39 Å². The molecular weight excluding hydrogens is 177 g/mol. The second-order valence-corrected chi connectivity index (χ2v) is 4.56. The summed E-state index contributed by atoms with van der Waals surface area (Å²) < 4.78 is 15.1. The topological polar surface area (TPSA) is 4.93 Å². The van der Waals surface area contributed by atoms with E-state index >= 15 is 0 Å². The first-order chi connectivity index (χ1) is 6.48. The zero-order valence-electron chi connectivity index (χ0n) is 8.71. The van der Waals surface area contributed by atoms with Gasteiger partial charge in [0.05, 0.1) is 0 Å². The zero-order chi connectivity index (χ0) is 10.3. The molecule has 0 atom stereocenters. The van der Waals surface area contributed by atoms with Gasteiger partial charge in [-0.25, -0.2) is 4.39 Å². The predicted octanol–water partition coefficient (Wildman–Crippen LogP) is 3.54. The Balaban J connectivity index is 2.70. The fourth-order valence-corrected chi connectivity index (χ4v) is 1.70. The van der Waals surface area contributed by atoms with Gasteiger partial charge in [-0.05, 0) is 45.0 Å². The first kappa shape index (κ1) is 9.25. The number of rotatable bonds is 0. The normalized spacial score (nSPS) is 12.3. The van der Waals surface area contributed by atoms with E-state index in [9.17, 15) is 4.39 Å². The minimum absolute atomic E-state index is 0.0412. The van der Waals surface area contributed by atoms with Crippen LogP contribution in [0.4, 0.5) is 4.39 Å². The van der Waals surface area contributed by atoms with Gasteiger partial charge in [-0.2, -0.15) is 0 Å². The first-order valence-electron chi connectivity index (χ1n) is 4.75. The molecule has 1 nitrogen and oxygen atoms in total. The van der Waals surface area contributed by atoms with Crippen LogP contribution >= 0.6 is 0 Å². The zero-order valence-corrected chi connectivity index (χ0v) is 8.71. The lowest BCUT2D eigenvalue weighted by Crippen LogP contribution is -2.20. The van der Waals surface area contributed by atoms with Gasteiger partial charge in [0.25, 0.3) is 0 Å². The van der Waals surface area contributed by atoms with Crippen LogP contribution in [0.1, 0.15) is 20.8 Å². The van der Waals surface area contributed by atoms with Crippen molar-refractivity contribution in [2.45, 2.75) is 26.3 Å². The lowest BCUT2D eigenvalue weighted by molar-refractivity contribution is 0.411. The molecule has 0 spiro atoms. The molecule has 0 aliphatic heterocycles. The molecule has 2 heteroatoms. The Labute approximate surface area is 83.2 Å². The summed E-state index contributed by atoms with van der Waals surface area (Å²) in [6.07, 6.45) is 2.00. The molecule has 14 heavy (non-hydrogen) atoms. The van der Waals surface area contributed by atoms with Crippen LogP contribution in [-0.4, -0.2) is 4.57 Å². The van der Waals surface area contributed by atoms with Gasteiger partial charge >= 0.3 is 0 Å². The van der Waals surface area contributed by atoms with E-state index in [1.807, 2.05) is 18.3 Å². The molecule has 1 aromatic heterocycles. The lowest BCUT2D eigenvalue weighted by Gasteiger charge is -2.22. The third-order valence-corrected chi connectivity index (χ3v) is 2.37. The van der Waals surface area contributed by atoms with Crippen molar-refractivity contribution in [3.63, 3.8) is 0 Å². The minimum atomic E-state index is -0.177. The Hall–Kier alpha value is -1.31. The molecule has 74 valence electrons. The average Bonchev–Trinajstić information content (AvgIpc) is 2.45. The van der Waals surface area contributed by atoms with Crippen molar-refractivity contribution in [2.75, 3.05) is 0 Å². The van der Waals surface area contributed by atoms with E-state index in [0.29, 0.717) is 0 Å². The second-order valence-electron chi connectivity index (χ2n) is 4.56. The maximum absolute atomic E-state index is 12.9. The summed E-state index contributed by atoms with van der Waals surface area (Å²) in [4.78, 5) is 0. The van der Waals surface area contributed by atoms with Crippen molar-refractivity contribution >= 4 is 10.9 Å². The van der Waals surface area contributed by atoms with Crippen LogP contribution in [0.25, 0.3) is 10.9 Å². The summed E-state index contributed by atoms with van der Waals surface area (Å²) in [7, 11) is 0. The van der Waals surface area contributed by atoms with Crippen LogP contribution in [0.5, 0.6) is 0 Å². The van der Waals surface area contributed by atoms with Crippen molar-refractivity contribution in [1.29, 1.82) is 0 Å². The summed E-state index contributed by atoms with van der Waals surface area (Å²) in [5.74, 6) is -0.177. The highest BCUT2D eigenvalue weighted by atomic mass is 19.1. The van der Waals surface area contributed by atoms with Gasteiger partial charge in [0.15, 0.2) is 0 Å². The third-order valence-electron chi connectivity index (χ3n) is 2.37. The molecule has 2 rings (SSSR count). The molecule has 0 amide bonds. The molecule has 1 aromatic carbocycles. The van der Waals surface area contributed by atoms with Crippen molar-refractivity contribution in [3.05, 3.63) is 36.3 Å². The summed E-state index contributed by atoms with van der Waals surface area (Å²) in [6.45, 7) is 6.40. The van der Waals surface area contributed by atoms with E-state index in [4.69, 9.17) is 0 Å². The van der Waals surface area contributed by atoms with E-state index < -0.39 is 0 Å². The number of halogens is 1. The first-order valence-corrected chi connectivity index (χ1v) is 4.75. The quantitative estimate of drug-likeness (QED) is 0.600. The Bertz CT molecular complexity index is 463. The number of benzene rings is 1. The van der Waals surface area contributed by atoms with Gasteiger partial charge in [0, 0.05) is 22.6 Å². The third kappa shape index (κ3) is 1.41. The number of hydrogen-bond acceptors (Lipinski definition) is 0. The van der Waals surface area contributed by atoms with Crippen molar-refractivity contribution in [2.24, 2.45) is 0 Å². The predicted molar refractivity (Wildman–Crippen MR) is 56.9 cm³/mol. The Morgan fingerprint density at radius 3 is 2.50 bits per heavy atom. The van der Waals surface area contributed by atoms with Gasteiger partial charge in [-0.1, -0.05) is 0 Å². The van der Waals surface area contributed by atoms with Gasteiger partial charge in [-0.15, -0.1) is 0 Å². The van der Waals surface area contributed by atoms with Crippen molar-refractivity contribution in [3.8, 4) is 0 Å². The van der Waals surface area contributed by atoms with Gasteiger partial charge in [0.2, 0.25) is 0 Å². The SMILES string of the molecule is CC(C)(C)n1ccc2cc(F)ccc21. The van der Waals surface area contributed by atoms with Crippen molar-refractivity contribution in [1.82, 2.24) is 4.57 Å². The lowest BCUT2D eigenvalue weighted by atomic mass is 10.1. The maximum Gasteiger partial charge on any atom is 0.123 e. The number of hydrogen-bond donors (Lipinski definition) is 0. The van der Waals surface area contributed by atoms with Crippen LogP contribution in [0.3, 0.4) is 0 Å². The summed E-state index contributed by atoms with van der Waals surface area (Å²) in [5, 5.41) is 0.958. The molecular formula is C12H14FN. The molecule has 0 radical (unpaired) electrons. The summed E-state index contributed by atoms with van der Waals surface area (Å²) in [5.41, 5.74) is 1.12. The van der Waals surface area contributed by atoms with E-state index in [0.717, 1.165) is 10.9 Å². The highest BCUT2D eigenvalue weighted by Gasteiger charge is 2.14. The van der Waals surface area contributed by atoms with Crippen LogP contribution in [0.2, 0.25) is 0 Å². The van der Waals surface area contributed by atoms with E-state index in [-0.39, 0.29) is 11.4 Å². The van der Waals surface area contributed by atoms with E-state index in [1.165, 1.54) is 6.07 Å². The summed E-state index contributed by atoms with van der Waals surface area (Å²) >= 11 is 0. The summed E-state index contributed by atoms with van der Waals surface area (Å²) in [6, 6.07) is 6.85. The highest BCUT2D eigenvalue weighted by Crippen LogP contribution is 2.24. The molecule has 0 saturated heterocycles. The van der Waals surface area contributed by atoms with Crippen LogP contribution in [0.15, 0.2) is 30.5 Å². The largest absolute Gasteiger partial charge is 0.342 e. The molecule has 0 N–H and O–H groups in total. The Morgan fingerprint density at radius 1 is 1.14 bits per heavy atom. The molecule has 0 unspecified atom stereocenters. The van der Waals surface area contributed by atoms with Crippen LogP contribution < -0.4 is 0 Å². The number of nitrogens with zero attached hydrogens (tertiary/aromatic N) is 1. The number of fused-ring (bicyclic) bond motifs is 1. The fourth-order valence-electron chi connectivity index (χ4n) is 1.70. The molecule has 0 fully saturated rings. The average molecular weight is 191 g/mol. The standard InChI is InChI=1S/C12H14FN/c1-12(2,3)14-7-6-9-8-10(13)4-5-11(9)14/h4-8H,1-3H3. The minimum Gasteiger partial charge on any atom is -0.342 e. The maximum atomic E-state index is 12.9. The molecule has 0 bridgehead atoms. The van der Waals surface area contributed by atoms with Crippen LogP contribution in [0, 0.1) is 5.82 Å². The Kier molecular flexibility index (Phi) is 1.88. The molecule has 0 saturated carbocycles. The number of aromatic nitrogens is 1. The van der Waals surface area contributed by atoms with E-state index in [1.54, 1.807) is 6.07 Å². The monoisotopic (exact) mass is 191 g/mol. The smallest absolute Gasteiger partial charge is 0.123 e. The highest BCUT2D eigenvalue weighted by molar-refractivity contribution is 5.80. The molecule has 0 aliphatic carbocycles. The molecule has 2 aromatic rings. The fraction of sp³-hybridized carbons (Fsp3) is 0.333. The van der Waals surface area contributed by atoms with Gasteiger partial charge in [0.1, 0.15) is 5.82 Å². The molecule has 0 aliphatic rings. The van der Waals surface area contributed by atoms with Gasteiger partial charge in [-0.3, -0.25) is 0 Å². The Morgan fingerprint density at radius 2 is 1.86 bits per heavy atom. The van der Waals surface area contributed by atoms with Crippen LogP contribution in [-0.2, 0) is 5.54 Å².